The molecule has 0 saturated heterocycles. The molecule has 88 valence electrons. The van der Waals surface area contributed by atoms with E-state index in [4.69, 9.17) is 5.11 Å². The van der Waals surface area contributed by atoms with Crippen molar-refractivity contribution in [3.63, 3.8) is 0 Å². The summed E-state index contributed by atoms with van der Waals surface area (Å²) in [6, 6.07) is -0.740. The molecule has 15 heavy (non-hydrogen) atoms. The molecule has 0 aliphatic carbocycles. The van der Waals surface area contributed by atoms with Crippen molar-refractivity contribution < 1.29 is 14.7 Å². The number of carboxylic acid groups (broad SMARTS) is 1. The van der Waals surface area contributed by atoms with Gasteiger partial charge in [0.05, 0.1) is 5.75 Å². The fourth-order valence-electron chi connectivity index (χ4n) is 1.02. The van der Waals surface area contributed by atoms with Crippen molar-refractivity contribution in [2.45, 2.75) is 44.9 Å². The van der Waals surface area contributed by atoms with Crippen LogP contribution in [0.2, 0.25) is 0 Å². The summed E-state index contributed by atoms with van der Waals surface area (Å²) in [6.07, 6.45) is 1.22. The minimum Gasteiger partial charge on any atom is -0.480 e. The lowest BCUT2D eigenvalue weighted by molar-refractivity contribution is -0.141. The summed E-state index contributed by atoms with van der Waals surface area (Å²) < 4.78 is 0. The van der Waals surface area contributed by atoms with Crippen LogP contribution in [-0.2, 0) is 9.59 Å². The molecule has 0 aromatic heterocycles. The van der Waals surface area contributed by atoms with Gasteiger partial charge >= 0.3 is 5.97 Å². The van der Waals surface area contributed by atoms with Crippen LogP contribution in [0.3, 0.4) is 0 Å². The topological polar surface area (TPSA) is 66.4 Å². The second kappa shape index (κ2) is 7.56. The van der Waals surface area contributed by atoms with Crippen molar-refractivity contribution >= 4 is 23.6 Å². The standard InChI is InChI=1S/C10H19NO3S/c1-4-5-8(10(13)14)11-9(12)6-15-7(2)3/h7-8H,4-6H2,1-3H3,(H,11,12)(H,13,14)/t8-/m0/s1. The molecule has 0 spiro atoms. The molecule has 0 rings (SSSR count). The second-order valence-corrected chi connectivity index (χ2v) is 5.17. The summed E-state index contributed by atoms with van der Waals surface area (Å²) in [6.45, 7) is 5.89. The third kappa shape index (κ3) is 7.25. The van der Waals surface area contributed by atoms with Gasteiger partial charge in [0.15, 0.2) is 0 Å². The van der Waals surface area contributed by atoms with Gasteiger partial charge in [-0.3, -0.25) is 4.79 Å². The highest BCUT2D eigenvalue weighted by Gasteiger charge is 2.18. The average molecular weight is 233 g/mol. The maximum Gasteiger partial charge on any atom is 0.326 e. The molecule has 0 unspecified atom stereocenters. The SMILES string of the molecule is CCC[C@H](NC(=O)CSC(C)C)C(=O)O. The molecule has 5 heteroatoms. The summed E-state index contributed by atoms with van der Waals surface area (Å²) in [5.41, 5.74) is 0. The third-order valence-corrected chi connectivity index (χ3v) is 2.85. The first kappa shape index (κ1) is 14.3. The van der Waals surface area contributed by atoms with E-state index in [1.807, 2.05) is 20.8 Å². The number of hydrogen-bond donors (Lipinski definition) is 2. The number of nitrogens with one attached hydrogen (secondary N) is 1. The monoisotopic (exact) mass is 233 g/mol. The van der Waals surface area contributed by atoms with Crippen LogP contribution in [0.5, 0.6) is 0 Å². The quantitative estimate of drug-likeness (QED) is 0.699. The van der Waals surface area contributed by atoms with Crippen molar-refractivity contribution in [3.05, 3.63) is 0 Å². The van der Waals surface area contributed by atoms with Crippen molar-refractivity contribution in [1.29, 1.82) is 0 Å². The summed E-state index contributed by atoms with van der Waals surface area (Å²) in [7, 11) is 0. The first-order valence-corrected chi connectivity index (χ1v) is 6.16. The van der Waals surface area contributed by atoms with E-state index >= 15 is 0 Å². The Balaban J connectivity index is 3.94. The molecule has 0 fully saturated rings. The summed E-state index contributed by atoms with van der Waals surface area (Å²) in [5, 5.41) is 11.7. The molecule has 0 saturated carbocycles. The lowest BCUT2D eigenvalue weighted by atomic mass is 10.2. The Morgan fingerprint density at radius 1 is 1.40 bits per heavy atom. The fourth-order valence-corrected chi connectivity index (χ4v) is 1.59. The molecule has 0 radical (unpaired) electrons. The van der Waals surface area contributed by atoms with Crippen LogP contribution in [0.15, 0.2) is 0 Å². The van der Waals surface area contributed by atoms with E-state index in [1.54, 1.807) is 0 Å². The molecule has 0 aliphatic heterocycles. The number of hydrogen-bond acceptors (Lipinski definition) is 3. The largest absolute Gasteiger partial charge is 0.480 e. The average Bonchev–Trinajstić information content (AvgIpc) is 2.14. The number of amides is 1. The Bertz CT molecular complexity index is 219. The van der Waals surface area contributed by atoms with Gasteiger partial charge in [-0.15, -0.1) is 11.8 Å². The van der Waals surface area contributed by atoms with Gasteiger partial charge in [0.2, 0.25) is 5.91 Å². The normalized spacial score (nSPS) is 12.5. The maximum atomic E-state index is 11.3. The van der Waals surface area contributed by atoms with Crippen LogP contribution in [0, 0.1) is 0 Å². The zero-order valence-corrected chi connectivity index (χ0v) is 10.3. The fraction of sp³-hybridized carbons (Fsp3) is 0.800. The van der Waals surface area contributed by atoms with Crippen molar-refractivity contribution in [1.82, 2.24) is 5.32 Å². The van der Waals surface area contributed by atoms with E-state index in [-0.39, 0.29) is 5.91 Å². The van der Waals surface area contributed by atoms with Crippen LogP contribution in [0.1, 0.15) is 33.6 Å². The molecular weight excluding hydrogens is 214 g/mol. The van der Waals surface area contributed by atoms with Crippen LogP contribution in [0.4, 0.5) is 0 Å². The Labute approximate surface area is 94.8 Å². The summed E-state index contributed by atoms with van der Waals surface area (Å²) in [5.74, 6) is -0.833. The number of carbonyl (C=O) groups excluding carboxylic acids is 1. The van der Waals surface area contributed by atoms with Gasteiger partial charge < -0.3 is 10.4 Å². The lowest BCUT2D eigenvalue weighted by Gasteiger charge is -2.13. The zero-order valence-electron chi connectivity index (χ0n) is 9.45. The molecule has 0 aromatic rings. The Hall–Kier alpha value is -0.710. The first-order chi connectivity index (χ1) is 6.97. The molecule has 0 aromatic carbocycles. The number of rotatable bonds is 7. The molecule has 1 atom stereocenters. The Kier molecular flexibility index (Phi) is 7.21. The van der Waals surface area contributed by atoms with E-state index in [2.05, 4.69) is 5.32 Å². The molecule has 1 amide bonds. The highest BCUT2D eigenvalue weighted by molar-refractivity contribution is 8.00. The highest BCUT2D eigenvalue weighted by atomic mass is 32.2. The minimum absolute atomic E-state index is 0.199. The van der Waals surface area contributed by atoms with Gasteiger partial charge in [-0.1, -0.05) is 27.2 Å². The summed E-state index contributed by atoms with van der Waals surface area (Å²) >= 11 is 1.51. The lowest BCUT2D eigenvalue weighted by Crippen LogP contribution is -2.41. The smallest absolute Gasteiger partial charge is 0.326 e. The number of thioether (sulfide) groups is 1. The molecule has 2 N–H and O–H groups in total. The van der Waals surface area contributed by atoms with E-state index in [0.717, 1.165) is 6.42 Å². The maximum absolute atomic E-state index is 11.3. The van der Waals surface area contributed by atoms with Gasteiger partial charge in [0.1, 0.15) is 6.04 Å². The van der Waals surface area contributed by atoms with E-state index < -0.39 is 12.0 Å². The minimum atomic E-state index is -0.959. The number of carboxylic acids is 1. The second-order valence-electron chi connectivity index (χ2n) is 3.61. The van der Waals surface area contributed by atoms with Crippen LogP contribution in [0.25, 0.3) is 0 Å². The van der Waals surface area contributed by atoms with Crippen LogP contribution in [-0.4, -0.2) is 34.0 Å². The highest BCUT2D eigenvalue weighted by Crippen LogP contribution is 2.08. The Morgan fingerprint density at radius 2 is 2.00 bits per heavy atom. The van der Waals surface area contributed by atoms with E-state index in [1.165, 1.54) is 11.8 Å². The van der Waals surface area contributed by atoms with Gasteiger partial charge in [-0.25, -0.2) is 4.79 Å². The molecular formula is C10H19NO3S. The molecule has 0 bridgehead atoms. The summed E-state index contributed by atoms with van der Waals surface area (Å²) in [4.78, 5) is 22.1. The Morgan fingerprint density at radius 3 is 2.40 bits per heavy atom. The first-order valence-electron chi connectivity index (χ1n) is 5.11. The predicted octanol–water partition coefficient (Wildman–Crippen LogP) is 1.50. The van der Waals surface area contributed by atoms with E-state index in [9.17, 15) is 9.59 Å². The third-order valence-electron chi connectivity index (χ3n) is 1.76. The molecule has 0 aliphatic rings. The van der Waals surface area contributed by atoms with Gasteiger partial charge in [0.25, 0.3) is 0 Å². The van der Waals surface area contributed by atoms with Crippen molar-refractivity contribution in [3.8, 4) is 0 Å². The predicted molar refractivity (Wildman–Crippen MR) is 62.1 cm³/mol. The van der Waals surface area contributed by atoms with Crippen LogP contribution < -0.4 is 5.32 Å². The number of carbonyl (C=O) groups is 2. The van der Waals surface area contributed by atoms with Gasteiger partial charge in [0, 0.05) is 0 Å². The molecule has 0 heterocycles. The van der Waals surface area contributed by atoms with Gasteiger partial charge in [-0.2, -0.15) is 0 Å². The van der Waals surface area contributed by atoms with Gasteiger partial charge in [-0.05, 0) is 11.7 Å². The van der Waals surface area contributed by atoms with Crippen molar-refractivity contribution in [2.75, 3.05) is 5.75 Å². The van der Waals surface area contributed by atoms with Crippen LogP contribution >= 0.6 is 11.8 Å². The molecule has 4 nitrogen and oxygen atoms in total. The number of aliphatic carboxylic acids is 1. The van der Waals surface area contributed by atoms with E-state index in [0.29, 0.717) is 17.4 Å². The zero-order chi connectivity index (χ0) is 11.8. The van der Waals surface area contributed by atoms with Crippen molar-refractivity contribution in [2.24, 2.45) is 0 Å².